The second-order valence-electron chi connectivity index (χ2n) is 5.12. The van der Waals surface area contributed by atoms with Gasteiger partial charge in [-0.2, -0.15) is 0 Å². The van der Waals surface area contributed by atoms with Crippen molar-refractivity contribution in [3.05, 3.63) is 18.2 Å². The molecular formula is C15H24O6. The summed E-state index contributed by atoms with van der Waals surface area (Å²) in [7, 11) is 0. The number of rotatable bonds is 9. The van der Waals surface area contributed by atoms with Crippen molar-refractivity contribution in [1.82, 2.24) is 0 Å². The molecule has 3 atom stereocenters. The van der Waals surface area contributed by atoms with E-state index >= 15 is 0 Å². The molecule has 0 amide bonds. The maximum absolute atomic E-state index is 9.25. The monoisotopic (exact) mass is 300 g/mol. The zero-order valence-electron chi connectivity index (χ0n) is 12.7. The molecule has 120 valence electrons. The lowest BCUT2D eigenvalue weighted by molar-refractivity contribution is 0.114. The minimum absolute atomic E-state index is 0.149. The summed E-state index contributed by atoms with van der Waals surface area (Å²) in [6.07, 6.45) is -1.77. The van der Waals surface area contributed by atoms with Crippen LogP contribution in [0, 0.1) is 0 Å². The predicted octanol–water partition coefficient (Wildman–Crippen LogP) is 0.965. The first-order chi connectivity index (χ1) is 9.86. The van der Waals surface area contributed by atoms with Crippen LogP contribution in [-0.2, 0) is 0 Å². The molecular weight excluding hydrogens is 276 g/mol. The SMILES string of the molecule is CC(O)COc1cc(OCC(C)O)cc(OCC(C)O)c1. The van der Waals surface area contributed by atoms with Crippen LogP contribution in [0.4, 0.5) is 0 Å². The van der Waals surface area contributed by atoms with Crippen LogP contribution in [-0.4, -0.2) is 53.5 Å². The largest absolute Gasteiger partial charge is 0.491 e. The van der Waals surface area contributed by atoms with Gasteiger partial charge in [-0.25, -0.2) is 0 Å². The Morgan fingerprint density at radius 3 is 1.10 bits per heavy atom. The zero-order valence-corrected chi connectivity index (χ0v) is 12.7. The van der Waals surface area contributed by atoms with E-state index in [1.54, 1.807) is 39.0 Å². The summed E-state index contributed by atoms with van der Waals surface area (Å²) in [6.45, 7) is 5.32. The van der Waals surface area contributed by atoms with Crippen LogP contribution in [0.5, 0.6) is 17.2 Å². The maximum Gasteiger partial charge on any atom is 0.126 e. The molecule has 0 saturated heterocycles. The number of hydrogen-bond acceptors (Lipinski definition) is 6. The van der Waals surface area contributed by atoms with Gasteiger partial charge in [-0.15, -0.1) is 0 Å². The Morgan fingerprint density at radius 2 is 0.905 bits per heavy atom. The highest BCUT2D eigenvalue weighted by Gasteiger charge is 2.08. The van der Waals surface area contributed by atoms with Crippen LogP contribution in [0.25, 0.3) is 0 Å². The molecule has 3 N–H and O–H groups in total. The molecule has 0 fully saturated rings. The van der Waals surface area contributed by atoms with Crippen LogP contribution < -0.4 is 14.2 Å². The lowest BCUT2D eigenvalue weighted by atomic mass is 10.3. The molecule has 0 aliphatic rings. The highest BCUT2D eigenvalue weighted by Crippen LogP contribution is 2.28. The molecule has 6 nitrogen and oxygen atoms in total. The van der Waals surface area contributed by atoms with Crippen molar-refractivity contribution >= 4 is 0 Å². The zero-order chi connectivity index (χ0) is 15.8. The van der Waals surface area contributed by atoms with E-state index in [9.17, 15) is 15.3 Å². The second kappa shape index (κ2) is 8.71. The highest BCUT2D eigenvalue weighted by atomic mass is 16.5. The molecule has 3 unspecified atom stereocenters. The van der Waals surface area contributed by atoms with Crippen LogP contribution in [0.1, 0.15) is 20.8 Å². The quantitative estimate of drug-likeness (QED) is 0.630. The van der Waals surface area contributed by atoms with E-state index in [1.165, 1.54) is 0 Å². The van der Waals surface area contributed by atoms with Crippen LogP contribution in [0.15, 0.2) is 18.2 Å². The highest BCUT2D eigenvalue weighted by molar-refractivity contribution is 5.42. The molecule has 0 radical (unpaired) electrons. The predicted molar refractivity (Wildman–Crippen MR) is 78.0 cm³/mol. The van der Waals surface area contributed by atoms with Gasteiger partial charge >= 0.3 is 0 Å². The molecule has 1 aromatic rings. The summed E-state index contributed by atoms with van der Waals surface area (Å²) < 4.78 is 16.3. The Labute approximate surface area is 124 Å². The van der Waals surface area contributed by atoms with Crippen molar-refractivity contribution in [3.8, 4) is 17.2 Å². The summed E-state index contributed by atoms with van der Waals surface area (Å²) >= 11 is 0. The fraction of sp³-hybridized carbons (Fsp3) is 0.600. The van der Waals surface area contributed by atoms with Crippen molar-refractivity contribution in [3.63, 3.8) is 0 Å². The number of aliphatic hydroxyl groups is 3. The van der Waals surface area contributed by atoms with Crippen LogP contribution in [0.2, 0.25) is 0 Å². The molecule has 6 heteroatoms. The van der Waals surface area contributed by atoms with Gasteiger partial charge in [0.15, 0.2) is 0 Å². The molecule has 21 heavy (non-hydrogen) atoms. The first kappa shape index (κ1) is 17.6. The average molecular weight is 300 g/mol. The minimum atomic E-state index is -0.589. The van der Waals surface area contributed by atoms with Crippen LogP contribution >= 0.6 is 0 Å². The summed E-state index contributed by atoms with van der Waals surface area (Å²) in [6, 6.07) is 4.96. The van der Waals surface area contributed by atoms with Gasteiger partial charge in [0.25, 0.3) is 0 Å². The Kier molecular flexibility index (Phi) is 7.28. The van der Waals surface area contributed by atoms with E-state index in [-0.39, 0.29) is 19.8 Å². The molecule has 0 saturated carbocycles. The molecule has 1 rings (SSSR count). The first-order valence-corrected chi connectivity index (χ1v) is 6.94. The maximum atomic E-state index is 9.25. The third-order valence-corrected chi connectivity index (χ3v) is 2.33. The number of aliphatic hydroxyl groups excluding tert-OH is 3. The third kappa shape index (κ3) is 7.75. The van der Waals surface area contributed by atoms with Gasteiger partial charge in [0.2, 0.25) is 0 Å². The lowest BCUT2D eigenvalue weighted by Gasteiger charge is -2.15. The number of hydrogen-bond donors (Lipinski definition) is 3. The van der Waals surface area contributed by atoms with Crippen molar-refractivity contribution < 1.29 is 29.5 Å². The van der Waals surface area contributed by atoms with Gasteiger partial charge in [0.1, 0.15) is 37.1 Å². The number of benzene rings is 1. The Balaban J connectivity index is 2.79. The summed E-state index contributed by atoms with van der Waals surface area (Å²) in [5.74, 6) is 1.46. The smallest absolute Gasteiger partial charge is 0.126 e. The van der Waals surface area contributed by atoms with E-state index in [1.807, 2.05) is 0 Å². The topological polar surface area (TPSA) is 88.4 Å². The van der Waals surface area contributed by atoms with E-state index in [0.717, 1.165) is 0 Å². The second-order valence-corrected chi connectivity index (χ2v) is 5.12. The summed E-state index contributed by atoms with van der Waals surface area (Å²) in [5, 5.41) is 27.8. The molecule has 0 aromatic heterocycles. The van der Waals surface area contributed by atoms with E-state index in [4.69, 9.17) is 14.2 Å². The van der Waals surface area contributed by atoms with Crippen molar-refractivity contribution in [2.45, 2.75) is 39.1 Å². The molecule has 0 spiro atoms. The van der Waals surface area contributed by atoms with Gasteiger partial charge in [-0.3, -0.25) is 0 Å². The molecule has 0 aliphatic heterocycles. The normalized spacial score (nSPS) is 15.1. The van der Waals surface area contributed by atoms with Gasteiger partial charge in [0.05, 0.1) is 18.3 Å². The van der Waals surface area contributed by atoms with Gasteiger partial charge in [-0.1, -0.05) is 0 Å². The Bertz CT molecular complexity index is 342. The van der Waals surface area contributed by atoms with Crippen molar-refractivity contribution in [2.24, 2.45) is 0 Å². The van der Waals surface area contributed by atoms with Gasteiger partial charge in [-0.05, 0) is 20.8 Å². The van der Waals surface area contributed by atoms with Gasteiger partial charge < -0.3 is 29.5 Å². The first-order valence-electron chi connectivity index (χ1n) is 6.94. The summed E-state index contributed by atoms with van der Waals surface area (Å²) in [4.78, 5) is 0. The fourth-order valence-electron chi connectivity index (χ4n) is 1.45. The van der Waals surface area contributed by atoms with E-state index in [0.29, 0.717) is 17.2 Å². The Morgan fingerprint density at radius 1 is 0.667 bits per heavy atom. The number of ether oxygens (including phenoxy) is 3. The van der Waals surface area contributed by atoms with E-state index < -0.39 is 18.3 Å². The molecule has 0 heterocycles. The summed E-state index contributed by atoms with van der Waals surface area (Å²) in [5.41, 5.74) is 0. The molecule has 1 aromatic carbocycles. The standard InChI is InChI=1S/C15H24O6/c1-10(16)7-19-13-4-14(20-8-11(2)17)6-15(5-13)21-9-12(3)18/h4-6,10-12,16-18H,7-9H2,1-3H3. The Hall–Kier alpha value is -1.50. The van der Waals surface area contributed by atoms with Crippen molar-refractivity contribution in [1.29, 1.82) is 0 Å². The molecule has 0 bridgehead atoms. The molecule has 0 aliphatic carbocycles. The third-order valence-electron chi connectivity index (χ3n) is 2.33. The lowest BCUT2D eigenvalue weighted by Crippen LogP contribution is -2.15. The fourth-order valence-corrected chi connectivity index (χ4v) is 1.45. The van der Waals surface area contributed by atoms with Crippen molar-refractivity contribution in [2.75, 3.05) is 19.8 Å². The average Bonchev–Trinajstić information content (AvgIpc) is 2.40. The van der Waals surface area contributed by atoms with Crippen LogP contribution in [0.3, 0.4) is 0 Å². The van der Waals surface area contributed by atoms with E-state index in [2.05, 4.69) is 0 Å². The minimum Gasteiger partial charge on any atom is -0.491 e. The van der Waals surface area contributed by atoms with Gasteiger partial charge in [0, 0.05) is 18.2 Å².